The van der Waals surface area contributed by atoms with Crippen LogP contribution in [-0.4, -0.2) is 11.5 Å². The maximum atomic E-state index is 6.36. The Bertz CT molecular complexity index is 2900. The molecule has 4 heteroatoms. The molecule has 0 atom stereocenters. The SMILES string of the molecule is C/C1=C(c2cccc3oc4ccccc4c23)/N=C(c2cccc3oc4ccccc4c23)\N=C(\c2cc3ccccc3c3ccccc23)CC1. The van der Waals surface area contributed by atoms with Gasteiger partial charge >= 0.3 is 0 Å². The average molecular weight is 631 g/mol. The quantitative estimate of drug-likeness (QED) is 0.182. The van der Waals surface area contributed by atoms with Gasteiger partial charge in [0.25, 0.3) is 0 Å². The molecule has 0 saturated carbocycles. The lowest BCUT2D eigenvalue weighted by molar-refractivity contribution is 0.668. The van der Waals surface area contributed by atoms with E-state index >= 15 is 0 Å². The number of aliphatic imine (C=N–C) groups is 2. The van der Waals surface area contributed by atoms with E-state index in [1.165, 1.54) is 27.1 Å². The smallest absolute Gasteiger partial charge is 0.160 e. The summed E-state index contributed by atoms with van der Waals surface area (Å²) in [5.74, 6) is 0.670. The van der Waals surface area contributed by atoms with Crippen LogP contribution in [0.15, 0.2) is 164 Å². The lowest BCUT2D eigenvalue weighted by Gasteiger charge is -2.19. The highest BCUT2D eigenvalue weighted by Gasteiger charge is 2.23. The zero-order valence-corrected chi connectivity index (χ0v) is 26.9. The van der Waals surface area contributed by atoms with Gasteiger partial charge in [-0.1, -0.05) is 109 Å². The Hall–Kier alpha value is -6.26. The summed E-state index contributed by atoms with van der Waals surface area (Å²) in [5, 5.41) is 9.11. The molecule has 0 amide bonds. The number of para-hydroxylation sites is 2. The molecule has 1 aliphatic rings. The molecule has 4 nitrogen and oxygen atoms in total. The summed E-state index contributed by atoms with van der Waals surface area (Å²) in [6, 6.07) is 48.6. The number of hydrogen-bond donors (Lipinski definition) is 0. The molecule has 3 heterocycles. The molecule has 232 valence electrons. The van der Waals surface area contributed by atoms with Crippen LogP contribution in [0.25, 0.3) is 71.1 Å². The second kappa shape index (κ2) is 10.9. The number of benzene rings is 7. The molecule has 0 bridgehead atoms. The van der Waals surface area contributed by atoms with E-state index in [0.717, 1.165) is 84.8 Å². The van der Waals surface area contributed by atoms with Crippen LogP contribution in [0.2, 0.25) is 0 Å². The Morgan fingerprint density at radius 3 is 1.71 bits per heavy atom. The van der Waals surface area contributed by atoms with Crippen LogP contribution in [0.4, 0.5) is 0 Å². The van der Waals surface area contributed by atoms with Crippen molar-refractivity contribution < 1.29 is 8.83 Å². The third-order valence-corrected chi connectivity index (χ3v) is 9.98. The number of rotatable bonds is 3. The van der Waals surface area contributed by atoms with E-state index < -0.39 is 0 Å². The van der Waals surface area contributed by atoms with Gasteiger partial charge in [-0.15, -0.1) is 0 Å². The van der Waals surface area contributed by atoms with Gasteiger partial charge in [0.1, 0.15) is 22.3 Å². The van der Waals surface area contributed by atoms with Gasteiger partial charge in [-0.05, 0) is 77.2 Å². The second-order valence-electron chi connectivity index (χ2n) is 12.9. The first kappa shape index (κ1) is 27.8. The van der Waals surface area contributed by atoms with E-state index in [-0.39, 0.29) is 0 Å². The Balaban J connectivity index is 1.29. The second-order valence-corrected chi connectivity index (χ2v) is 12.9. The van der Waals surface area contributed by atoms with Gasteiger partial charge in [-0.25, -0.2) is 9.98 Å². The summed E-state index contributed by atoms with van der Waals surface area (Å²) in [5.41, 5.74) is 9.70. The molecular weight excluding hydrogens is 601 g/mol. The van der Waals surface area contributed by atoms with Crippen molar-refractivity contribution in [3.05, 3.63) is 162 Å². The number of nitrogens with zero attached hydrogens (tertiary/aromatic N) is 2. The van der Waals surface area contributed by atoms with Crippen molar-refractivity contribution >= 4 is 82.7 Å². The standard InChI is InChI=1S/C45H30N2O2/c1-27-24-25-37(36-26-28-12-2-3-13-29(28)30-14-4-5-15-31(30)36)46-45(35-19-11-23-41-43(35)33-17-7-9-21-39(33)49-41)47-44(27)34-18-10-22-40-42(34)32-16-6-8-20-38(32)48-40/h2-23,26H,24-25H2,1H3/b44-27-,46-37+,47-45-. The molecule has 0 saturated heterocycles. The molecule has 0 aliphatic carbocycles. The van der Waals surface area contributed by atoms with Gasteiger partial charge in [-0.2, -0.15) is 0 Å². The molecule has 0 radical (unpaired) electrons. The zero-order valence-electron chi connectivity index (χ0n) is 26.9. The van der Waals surface area contributed by atoms with E-state index in [0.29, 0.717) is 5.84 Å². The molecular formula is C45H30N2O2. The van der Waals surface area contributed by atoms with Crippen molar-refractivity contribution in [1.82, 2.24) is 0 Å². The fraction of sp³-hybridized carbons (Fsp3) is 0.0667. The van der Waals surface area contributed by atoms with Crippen molar-refractivity contribution in [2.45, 2.75) is 19.8 Å². The fourth-order valence-electron chi connectivity index (χ4n) is 7.67. The number of amidine groups is 1. The topological polar surface area (TPSA) is 51.0 Å². The van der Waals surface area contributed by atoms with E-state index in [2.05, 4.69) is 104 Å². The molecule has 7 aromatic carbocycles. The highest BCUT2D eigenvalue weighted by atomic mass is 16.3. The Labute approximate surface area is 282 Å². The Morgan fingerprint density at radius 2 is 1.00 bits per heavy atom. The van der Waals surface area contributed by atoms with E-state index in [1.807, 2.05) is 42.5 Å². The van der Waals surface area contributed by atoms with Gasteiger partial charge in [0.2, 0.25) is 0 Å². The van der Waals surface area contributed by atoms with Crippen LogP contribution < -0.4 is 0 Å². The first-order valence-corrected chi connectivity index (χ1v) is 16.8. The maximum Gasteiger partial charge on any atom is 0.160 e. The highest BCUT2D eigenvalue weighted by molar-refractivity contribution is 6.26. The molecule has 0 unspecified atom stereocenters. The first-order chi connectivity index (χ1) is 24.2. The van der Waals surface area contributed by atoms with Crippen molar-refractivity contribution in [3.8, 4) is 0 Å². The van der Waals surface area contributed by atoms with Crippen molar-refractivity contribution in [2.24, 2.45) is 9.98 Å². The third-order valence-electron chi connectivity index (χ3n) is 9.98. The molecule has 49 heavy (non-hydrogen) atoms. The molecule has 0 spiro atoms. The number of allylic oxidation sites excluding steroid dienone is 1. The van der Waals surface area contributed by atoms with E-state index in [1.54, 1.807) is 0 Å². The maximum absolute atomic E-state index is 6.36. The van der Waals surface area contributed by atoms with Crippen LogP contribution in [-0.2, 0) is 0 Å². The van der Waals surface area contributed by atoms with E-state index in [9.17, 15) is 0 Å². The molecule has 0 fully saturated rings. The summed E-state index contributed by atoms with van der Waals surface area (Å²) < 4.78 is 12.7. The monoisotopic (exact) mass is 630 g/mol. The number of fused-ring (bicyclic) bond motifs is 9. The fourth-order valence-corrected chi connectivity index (χ4v) is 7.67. The molecule has 2 aromatic heterocycles. The minimum absolute atomic E-state index is 0.670. The first-order valence-electron chi connectivity index (χ1n) is 16.8. The highest BCUT2D eigenvalue weighted by Crippen LogP contribution is 2.39. The number of furan rings is 2. The molecule has 1 aliphatic heterocycles. The Kier molecular flexibility index (Phi) is 6.18. The lowest BCUT2D eigenvalue weighted by Crippen LogP contribution is -2.11. The van der Waals surface area contributed by atoms with Gasteiger partial charge in [-0.3, -0.25) is 0 Å². The van der Waals surface area contributed by atoms with Crippen molar-refractivity contribution in [2.75, 3.05) is 0 Å². The minimum atomic E-state index is 0.670. The predicted molar refractivity (Wildman–Crippen MR) is 204 cm³/mol. The number of hydrogen-bond acceptors (Lipinski definition) is 4. The van der Waals surface area contributed by atoms with Crippen LogP contribution in [0.3, 0.4) is 0 Å². The van der Waals surface area contributed by atoms with Gasteiger partial charge < -0.3 is 8.83 Å². The largest absolute Gasteiger partial charge is 0.456 e. The van der Waals surface area contributed by atoms with Crippen LogP contribution >= 0.6 is 0 Å². The molecule has 10 rings (SSSR count). The summed E-state index contributed by atoms with van der Waals surface area (Å²) >= 11 is 0. The van der Waals surface area contributed by atoms with Crippen LogP contribution in [0.5, 0.6) is 0 Å². The summed E-state index contributed by atoms with van der Waals surface area (Å²) in [4.78, 5) is 11.2. The zero-order chi connectivity index (χ0) is 32.5. The third kappa shape index (κ3) is 4.38. The van der Waals surface area contributed by atoms with Crippen molar-refractivity contribution in [1.29, 1.82) is 0 Å². The molecule has 9 aromatic rings. The van der Waals surface area contributed by atoms with E-state index in [4.69, 9.17) is 18.8 Å². The van der Waals surface area contributed by atoms with Gasteiger partial charge in [0.05, 0.1) is 11.4 Å². The summed E-state index contributed by atoms with van der Waals surface area (Å²) in [6.45, 7) is 2.22. The Morgan fingerprint density at radius 1 is 0.449 bits per heavy atom. The van der Waals surface area contributed by atoms with Crippen LogP contribution in [0.1, 0.15) is 36.5 Å². The average Bonchev–Trinajstić information content (AvgIpc) is 3.72. The lowest BCUT2D eigenvalue weighted by atomic mass is 9.91. The summed E-state index contributed by atoms with van der Waals surface area (Å²) in [6.07, 6.45) is 1.58. The van der Waals surface area contributed by atoms with Crippen LogP contribution in [0, 0.1) is 0 Å². The summed E-state index contributed by atoms with van der Waals surface area (Å²) in [7, 11) is 0. The van der Waals surface area contributed by atoms with Gasteiger partial charge in [0, 0.05) is 38.2 Å². The van der Waals surface area contributed by atoms with Crippen molar-refractivity contribution in [3.63, 3.8) is 0 Å². The molecule has 0 N–H and O–H groups in total. The normalized spacial score (nSPS) is 17.8. The minimum Gasteiger partial charge on any atom is -0.456 e. The van der Waals surface area contributed by atoms with Gasteiger partial charge in [0.15, 0.2) is 5.84 Å². The predicted octanol–water partition coefficient (Wildman–Crippen LogP) is 12.3.